The largest absolute Gasteiger partial charge is 0.310 e. The molecule has 0 aliphatic heterocycles. The van der Waals surface area contributed by atoms with Crippen molar-refractivity contribution in [3.05, 3.63) is 287 Å². The quantitative estimate of drug-likeness (QED) is 0.142. The summed E-state index contributed by atoms with van der Waals surface area (Å²) in [5.41, 5.74) is 20.9. The molecule has 0 fully saturated rings. The summed E-state index contributed by atoms with van der Waals surface area (Å²) in [6, 6.07) is 91.0. The van der Waals surface area contributed by atoms with Gasteiger partial charge in [0.15, 0.2) is 0 Å². The summed E-state index contributed by atoms with van der Waals surface area (Å²) in [4.78, 5) is 4.95. The third-order valence-electron chi connectivity index (χ3n) is 14.9. The van der Waals surface area contributed by atoms with Crippen molar-refractivity contribution in [1.82, 2.24) is 0 Å². The van der Waals surface area contributed by atoms with Gasteiger partial charge in [-0.25, -0.2) is 0 Å². The van der Waals surface area contributed by atoms with Crippen LogP contribution < -0.4 is 9.80 Å². The van der Waals surface area contributed by atoms with Crippen LogP contribution in [-0.4, -0.2) is 0 Å². The third-order valence-corrected chi connectivity index (χ3v) is 16.0. The van der Waals surface area contributed by atoms with Crippen LogP contribution >= 0.6 is 11.3 Å². The van der Waals surface area contributed by atoms with E-state index >= 15 is 0 Å². The molecule has 344 valence electrons. The fourth-order valence-corrected chi connectivity index (χ4v) is 12.8. The van der Waals surface area contributed by atoms with Gasteiger partial charge in [-0.05, 0) is 156 Å². The first kappa shape index (κ1) is 43.5. The van der Waals surface area contributed by atoms with Gasteiger partial charge in [0, 0.05) is 54.0 Å². The topological polar surface area (TPSA) is 6.48 Å². The molecule has 0 radical (unpaired) electrons. The molecule has 0 unspecified atom stereocenters. The Morgan fingerprint density at radius 1 is 0.319 bits per heavy atom. The van der Waals surface area contributed by atoms with Crippen molar-refractivity contribution < 1.29 is 0 Å². The van der Waals surface area contributed by atoms with E-state index in [4.69, 9.17) is 0 Å². The van der Waals surface area contributed by atoms with Crippen LogP contribution in [0.5, 0.6) is 0 Å². The van der Waals surface area contributed by atoms with E-state index in [9.17, 15) is 0 Å². The Labute approximate surface area is 426 Å². The zero-order valence-electron chi connectivity index (χ0n) is 40.9. The Bertz CT molecular complexity index is 3990. The van der Waals surface area contributed by atoms with E-state index in [2.05, 4.69) is 280 Å². The summed E-state index contributed by atoms with van der Waals surface area (Å²) in [5.74, 6) is 0. The molecule has 1 aliphatic rings. The molecular weight excluding hydrogens is 889 g/mol. The first-order chi connectivity index (χ1) is 35.3. The van der Waals surface area contributed by atoms with Crippen LogP contribution in [-0.2, 0) is 5.41 Å². The zero-order chi connectivity index (χ0) is 48.5. The van der Waals surface area contributed by atoms with Gasteiger partial charge in [0.2, 0.25) is 0 Å². The normalized spacial score (nSPS) is 12.6. The Balaban J connectivity index is 1.13. The van der Waals surface area contributed by atoms with E-state index in [0.717, 1.165) is 34.1 Å². The van der Waals surface area contributed by atoms with Crippen LogP contribution in [0.25, 0.3) is 53.2 Å². The molecular formula is C69H52N2S. The third kappa shape index (κ3) is 7.14. The Hall–Kier alpha value is -8.50. The second kappa shape index (κ2) is 17.4. The number of hydrogen-bond acceptors (Lipinski definition) is 3. The second-order valence-corrected chi connectivity index (χ2v) is 20.7. The SMILES string of the molecule is Cc1ccc(N(c2cccc(C)c2)c2ccc3c(c2)C(c2cccc(C)c2)(c2cccc(C)c2)c2cc(N(c4ccc(-c5ccccc5)cc4)c4ccc5c(c4)sc4ccccc45)c4ccccc4c2-3)cc1. The van der Waals surface area contributed by atoms with Crippen molar-refractivity contribution in [2.24, 2.45) is 0 Å². The lowest BCUT2D eigenvalue weighted by molar-refractivity contribution is 0.766. The van der Waals surface area contributed by atoms with Crippen molar-refractivity contribution in [2.75, 3.05) is 9.80 Å². The average molecular weight is 941 g/mol. The predicted octanol–water partition coefficient (Wildman–Crippen LogP) is 19.4. The Kier molecular flexibility index (Phi) is 10.5. The van der Waals surface area contributed by atoms with Crippen LogP contribution in [0, 0.1) is 27.7 Å². The first-order valence-electron chi connectivity index (χ1n) is 25.0. The van der Waals surface area contributed by atoms with Gasteiger partial charge in [-0.1, -0.05) is 187 Å². The molecule has 72 heavy (non-hydrogen) atoms. The molecule has 0 spiro atoms. The molecule has 0 bridgehead atoms. The highest BCUT2D eigenvalue weighted by atomic mass is 32.1. The van der Waals surface area contributed by atoms with Crippen molar-refractivity contribution >= 4 is 76.4 Å². The maximum absolute atomic E-state index is 2.56. The summed E-state index contributed by atoms with van der Waals surface area (Å²) in [6.07, 6.45) is 0. The molecule has 11 aromatic carbocycles. The summed E-state index contributed by atoms with van der Waals surface area (Å²) < 4.78 is 2.57. The average Bonchev–Trinajstić information content (AvgIpc) is 3.93. The molecule has 12 aromatic rings. The number of thiophene rings is 1. The highest BCUT2D eigenvalue weighted by Crippen LogP contribution is 2.61. The van der Waals surface area contributed by atoms with Gasteiger partial charge < -0.3 is 9.80 Å². The van der Waals surface area contributed by atoms with Crippen LogP contribution in [0.4, 0.5) is 34.1 Å². The number of benzene rings is 11. The highest BCUT2D eigenvalue weighted by molar-refractivity contribution is 7.25. The molecule has 1 heterocycles. The fourth-order valence-electron chi connectivity index (χ4n) is 11.6. The molecule has 0 saturated heterocycles. The standard InChI is InChI=1S/C69H52N2S/c1-45-27-31-53(32-28-45)70(55-22-14-17-48(4)41-55)56-36-38-62-63(42-56)69(51-20-12-15-46(2)39-51,52-21-13-16-47(3)40-52)64-44-65(58-23-8-9-25-61(58)68(62)64)71(54-33-29-50(30-34-54)49-18-6-5-7-19-49)57-35-37-60-59-24-10-11-26-66(59)72-67(60)43-57/h5-44H,1-4H3. The Morgan fingerprint density at radius 3 is 1.57 bits per heavy atom. The Morgan fingerprint density at radius 2 is 0.861 bits per heavy atom. The van der Waals surface area contributed by atoms with E-state index < -0.39 is 5.41 Å². The second-order valence-electron chi connectivity index (χ2n) is 19.6. The number of rotatable bonds is 9. The van der Waals surface area contributed by atoms with Gasteiger partial charge in [-0.3, -0.25) is 0 Å². The van der Waals surface area contributed by atoms with Crippen molar-refractivity contribution in [2.45, 2.75) is 33.1 Å². The van der Waals surface area contributed by atoms with Gasteiger partial charge >= 0.3 is 0 Å². The number of nitrogens with zero attached hydrogens (tertiary/aromatic N) is 2. The molecule has 13 rings (SSSR count). The van der Waals surface area contributed by atoms with Gasteiger partial charge in [-0.2, -0.15) is 0 Å². The number of aryl methyl sites for hydroxylation is 4. The fraction of sp³-hybridized carbons (Fsp3) is 0.0725. The van der Waals surface area contributed by atoms with E-state index in [-0.39, 0.29) is 0 Å². The van der Waals surface area contributed by atoms with Crippen molar-refractivity contribution in [3.63, 3.8) is 0 Å². The molecule has 0 N–H and O–H groups in total. The minimum absolute atomic E-state index is 0.707. The maximum Gasteiger partial charge on any atom is 0.0715 e. The minimum atomic E-state index is -0.707. The molecule has 3 heteroatoms. The van der Waals surface area contributed by atoms with Crippen molar-refractivity contribution in [1.29, 1.82) is 0 Å². The predicted molar refractivity (Wildman–Crippen MR) is 308 cm³/mol. The van der Waals surface area contributed by atoms with E-state index in [1.165, 1.54) is 97.7 Å². The van der Waals surface area contributed by atoms with Gasteiger partial charge in [-0.15, -0.1) is 11.3 Å². The van der Waals surface area contributed by atoms with Gasteiger partial charge in [0.25, 0.3) is 0 Å². The lowest BCUT2D eigenvalue weighted by Gasteiger charge is -2.36. The van der Waals surface area contributed by atoms with Gasteiger partial charge in [0.05, 0.1) is 11.1 Å². The monoisotopic (exact) mass is 940 g/mol. The minimum Gasteiger partial charge on any atom is -0.310 e. The first-order valence-corrected chi connectivity index (χ1v) is 25.8. The van der Waals surface area contributed by atoms with Crippen LogP contribution in [0.15, 0.2) is 243 Å². The van der Waals surface area contributed by atoms with Crippen LogP contribution in [0.2, 0.25) is 0 Å². The molecule has 2 nitrogen and oxygen atoms in total. The van der Waals surface area contributed by atoms with Crippen molar-refractivity contribution in [3.8, 4) is 22.3 Å². The van der Waals surface area contributed by atoms with Crippen LogP contribution in [0.1, 0.15) is 44.5 Å². The highest BCUT2D eigenvalue weighted by Gasteiger charge is 2.48. The smallest absolute Gasteiger partial charge is 0.0715 e. The molecule has 1 aliphatic carbocycles. The van der Waals surface area contributed by atoms with Gasteiger partial charge in [0.1, 0.15) is 0 Å². The van der Waals surface area contributed by atoms with E-state index in [1.54, 1.807) is 0 Å². The summed E-state index contributed by atoms with van der Waals surface area (Å²) >= 11 is 1.87. The zero-order valence-corrected chi connectivity index (χ0v) is 41.7. The van der Waals surface area contributed by atoms with Crippen LogP contribution in [0.3, 0.4) is 0 Å². The maximum atomic E-state index is 2.56. The molecule has 0 amide bonds. The van der Waals surface area contributed by atoms with E-state index in [1.807, 2.05) is 11.3 Å². The molecule has 1 aromatic heterocycles. The lowest BCUT2D eigenvalue weighted by Crippen LogP contribution is -2.29. The number of fused-ring (bicyclic) bond motifs is 8. The lowest BCUT2D eigenvalue weighted by atomic mass is 9.67. The summed E-state index contributed by atoms with van der Waals surface area (Å²) in [5, 5.41) is 5.00. The molecule has 0 atom stereocenters. The van der Waals surface area contributed by atoms with E-state index in [0.29, 0.717) is 0 Å². The summed E-state index contributed by atoms with van der Waals surface area (Å²) in [6.45, 7) is 8.80. The molecule has 0 saturated carbocycles. The number of hydrogen-bond donors (Lipinski definition) is 0. The number of anilines is 6. The summed E-state index contributed by atoms with van der Waals surface area (Å²) in [7, 11) is 0.